The van der Waals surface area contributed by atoms with Crippen LogP contribution in [0.1, 0.15) is 16.9 Å². The lowest BCUT2D eigenvalue weighted by Crippen LogP contribution is -2.29. The van der Waals surface area contributed by atoms with Crippen LogP contribution in [-0.2, 0) is 0 Å². The number of benzene rings is 1. The van der Waals surface area contributed by atoms with Crippen LogP contribution in [0.15, 0.2) is 60.8 Å². The molecule has 1 aliphatic heterocycles. The summed E-state index contributed by atoms with van der Waals surface area (Å²) in [6.07, 6.45) is 2.44. The molecule has 1 N–H and O–H groups in total. The maximum absolute atomic E-state index is 12.8. The van der Waals surface area contributed by atoms with Crippen molar-refractivity contribution >= 4 is 17.1 Å². The zero-order valence-corrected chi connectivity index (χ0v) is 16.1. The molecule has 0 aliphatic carbocycles. The first-order chi connectivity index (χ1) is 14.7. The van der Waals surface area contributed by atoms with Crippen molar-refractivity contribution in [3.8, 4) is 28.7 Å². The Morgan fingerprint density at radius 3 is 2.77 bits per heavy atom. The number of nitriles is 1. The Kier molecular flexibility index (Phi) is 4.45. The number of nitrogens with zero attached hydrogens (tertiary/aromatic N) is 5. The molecule has 30 heavy (non-hydrogen) atoms. The third kappa shape index (κ3) is 3.29. The normalized spacial score (nSPS) is 16.0. The molecule has 0 spiro atoms. The second-order valence-electron chi connectivity index (χ2n) is 7.32. The second kappa shape index (κ2) is 7.41. The van der Waals surface area contributed by atoms with E-state index in [9.17, 15) is 4.79 Å². The van der Waals surface area contributed by atoms with Gasteiger partial charge in [0, 0.05) is 30.4 Å². The third-order valence-electron chi connectivity index (χ3n) is 5.31. The van der Waals surface area contributed by atoms with Gasteiger partial charge in [0.2, 0.25) is 0 Å². The molecule has 5 rings (SSSR count). The molecule has 1 amide bonds. The van der Waals surface area contributed by atoms with Gasteiger partial charge in [0.1, 0.15) is 17.0 Å². The van der Waals surface area contributed by atoms with Gasteiger partial charge in [-0.1, -0.05) is 36.4 Å². The number of rotatable bonds is 3. The van der Waals surface area contributed by atoms with E-state index >= 15 is 0 Å². The van der Waals surface area contributed by atoms with Crippen LogP contribution in [0.4, 0.5) is 0 Å². The number of H-pyrrole nitrogens is 1. The largest absolute Gasteiger partial charge is 0.336 e. The molecular formula is C23H18N6O. The number of nitrogens with one attached hydrogen (secondary N) is 1. The number of fused-ring (bicyclic) bond motifs is 1. The summed E-state index contributed by atoms with van der Waals surface area (Å²) in [7, 11) is 0. The number of pyridine rings is 2. The minimum atomic E-state index is -0.144. The van der Waals surface area contributed by atoms with E-state index in [-0.39, 0.29) is 11.8 Å². The number of hydrogen-bond acceptors (Lipinski definition) is 5. The van der Waals surface area contributed by atoms with Gasteiger partial charge >= 0.3 is 0 Å². The molecule has 1 aliphatic rings. The van der Waals surface area contributed by atoms with Gasteiger partial charge in [0.15, 0.2) is 5.65 Å². The van der Waals surface area contributed by atoms with Gasteiger partial charge in [-0.25, -0.2) is 15.0 Å². The second-order valence-corrected chi connectivity index (χ2v) is 7.32. The highest BCUT2D eigenvalue weighted by molar-refractivity contribution is 5.93. The Hall–Kier alpha value is -4.05. The molecular weight excluding hydrogens is 376 g/mol. The van der Waals surface area contributed by atoms with Gasteiger partial charge in [-0.3, -0.25) is 4.79 Å². The number of amides is 1. The van der Waals surface area contributed by atoms with Crippen molar-refractivity contribution < 1.29 is 4.79 Å². The summed E-state index contributed by atoms with van der Waals surface area (Å²) in [6.45, 7) is 1.05. The maximum atomic E-state index is 12.8. The lowest BCUT2D eigenvalue weighted by atomic mass is 10.1. The molecule has 3 aromatic heterocycles. The lowest BCUT2D eigenvalue weighted by Gasteiger charge is -2.15. The van der Waals surface area contributed by atoms with Gasteiger partial charge in [-0.2, -0.15) is 5.26 Å². The van der Waals surface area contributed by atoms with Crippen LogP contribution in [0.5, 0.6) is 0 Å². The van der Waals surface area contributed by atoms with Crippen LogP contribution in [0.2, 0.25) is 0 Å². The summed E-state index contributed by atoms with van der Waals surface area (Å²) in [5.41, 5.74) is 4.25. The number of aromatic amines is 1. The van der Waals surface area contributed by atoms with E-state index in [1.165, 1.54) is 0 Å². The zero-order valence-electron chi connectivity index (χ0n) is 16.1. The number of carbonyl (C=O) groups excluding carboxylic acids is 1. The average Bonchev–Trinajstić information content (AvgIpc) is 3.46. The number of carbonyl (C=O) groups is 1. The number of hydrogen-bond donors (Lipinski definition) is 1. The fourth-order valence-corrected chi connectivity index (χ4v) is 3.69. The highest BCUT2D eigenvalue weighted by atomic mass is 16.2. The highest BCUT2D eigenvalue weighted by Gasteiger charge is 2.27. The molecule has 7 heteroatoms. The Morgan fingerprint density at radius 2 is 1.97 bits per heavy atom. The topological polar surface area (TPSA) is 98.6 Å². The van der Waals surface area contributed by atoms with Gasteiger partial charge < -0.3 is 9.88 Å². The minimum absolute atomic E-state index is 0.0952. The van der Waals surface area contributed by atoms with Crippen molar-refractivity contribution in [2.45, 2.75) is 6.42 Å². The van der Waals surface area contributed by atoms with Crippen molar-refractivity contribution in [2.75, 3.05) is 13.1 Å². The molecule has 7 nitrogen and oxygen atoms in total. The smallest absolute Gasteiger partial charge is 0.272 e. The Balaban J connectivity index is 1.45. The summed E-state index contributed by atoms with van der Waals surface area (Å²) >= 11 is 0. The standard InChI is InChI=1S/C23H18N6O/c24-12-15-9-10-29(14-15)23(30)19-8-4-7-18(26-19)17-11-20-22(25-13-17)28-21(27-20)16-5-2-1-3-6-16/h1-8,11,13,15H,9-10,14H2,(H,25,27,28). The van der Waals surface area contributed by atoms with E-state index < -0.39 is 0 Å². The first-order valence-electron chi connectivity index (χ1n) is 9.79. The van der Waals surface area contributed by atoms with Crippen molar-refractivity contribution in [3.63, 3.8) is 0 Å². The Morgan fingerprint density at radius 1 is 1.10 bits per heavy atom. The van der Waals surface area contributed by atoms with Gasteiger partial charge in [-0.15, -0.1) is 0 Å². The van der Waals surface area contributed by atoms with E-state index in [0.29, 0.717) is 36.5 Å². The van der Waals surface area contributed by atoms with Crippen LogP contribution in [-0.4, -0.2) is 43.8 Å². The Labute approximate surface area is 173 Å². The third-order valence-corrected chi connectivity index (χ3v) is 5.31. The van der Waals surface area contributed by atoms with Gasteiger partial charge in [0.25, 0.3) is 5.91 Å². The molecule has 1 saturated heterocycles. The summed E-state index contributed by atoms with van der Waals surface area (Å²) in [4.78, 5) is 31.4. The molecule has 0 radical (unpaired) electrons. The van der Waals surface area contributed by atoms with E-state index in [2.05, 4.69) is 26.0 Å². The molecule has 0 saturated carbocycles. The highest BCUT2D eigenvalue weighted by Crippen LogP contribution is 2.24. The van der Waals surface area contributed by atoms with E-state index in [0.717, 1.165) is 22.5 Å². The molecule has 0 bridgehead atoms. The summed E-state index contributed by atoms with van der Waals surface area (Å²) < 4.78 is 0. The molecule has 1 fully saturated rings. The average molecular weight is 394 g/mol. The van der Waals surface area contributed by atoms with Crippen molar-refractivity contribution in [1.82, 2.24) is 24.8 Å². The first-order valence-corrected chi connectivity index (χ1v) is 9.79. The van der Waals surface area contributed by atoms with Crippen LogP contribution >= 0.6 is 0 Å². The zero-order chi connectivity index (χ0) is 20.5. The molecule has 1 aromatic carbocycles. The van der Waals surface area contributed by atoms with E-state index in [4.69, 9.17) is 5.26 Å². The lowest BCUT2D eigenvalue weighted by molar-refractivity contribution is 0.0784. The molecule has 4 aromatic rings. The van der Waals surface area contributed by atoms with Crippen LogP contribution in [0.25, 0.3) is 33.8 Å². The van der Waals surface area contributed by atoms with Crippen LogP contribution < -0.4 is 0 Å². The summed E-state index contributed by atoms with van der Waals surface area (Å²) in [5, 5.41) is 9.07. The Bertz CT molecular complexity index is 1270. The number of aromatic nitrogens is 4. The summed E-state index contributed by atoms with van der Waals surface area (Å²) in [6, 6.07) is 19.4. The summed E-state index contributed by atoms with van der Waals surface area (Å²) in [5.74, 6) is 0.519. The molecule has 4 heterocycles. The predicted molar refractivity (Wildman–Crippen MR) is 112 cm³/mol. The van der Waals surface area contributed by atoms with E-state index in [1.54, 1.807) is 17.2 Å². The van der Waals surface area contributed by atoms with Crippen molar-refractivity contribution in [2.24, 2.45) is 5.92 Å². The van der Waals surface area contributed by atoms with Crippen molar-refractivity contribution in [3.05, 3.63) is 66.5 Å². The number of likely N-dealkylation sites (tertiary alicyclic amines) is 1. The molecule has 1 atom stereocenters. The van der Waals surface area contributed by atoms with Crippen molar-refractivity contribution in [1.29, 1.82) is 5.26 Å². The monoisotopic (exact) mass is 394 g/mol. The SMILES string of the molecule is N#CC1CCN(C(=O)c2cccc(-c3cnc4[nH]c(-c5ccccc5)nc4c3)n2)C1. The molecule has 1 unspecified atom stereocenters. The minimum Gasteiger partial charge on any atom is -0.336 e. The maximum Gasteiger partial charge on any atom is 0.272 e. The van der Waals surface area contributed by atoms with Gasteiger partial charge in [-0.05, 0) is 24.6 Å². The molecule has 146 valence electrons. The fourth-order valence-electron chi connectivity index (χ4n) is 3.69. The predicted octanol–water partition coefficient (Wildman–Crippen LogP) is 3.67. The fraction of sp³-hybridized carbons (Fsp3) is 0.174. The van der Waals surface area contributed by atoms with Crippen LogP contribution in [0.3, 0.4) is 0 Å². The quantitative estimate of drug-likeness (QED) is 0.572. The van der Waals surface area contributed by atoms with E-state index in [1.807, 2.05) is 48.5 Å². The first kappa shape index (κ1) is 18.0. The van der Waals surface area contributed by atoms with Crippen LogP contribution in [0, 0.1) is 17.2 Å². The number of imidazole rings is 1. The van der Waals surface area contributed by atoms with Gasteiger partial charge in [0.05, 0.1) is 17.7 Å².